The van der Waals surface area contributed by atoms with Gasteiger partial charge in [0.15, 0.2) is 0 Å². The third-order valence-corrected chi connectivity index (χ3v) is 2.88. The lowest BCUT2D eigenvalue weighted by molar-refractivity contribution is -0.128. The van der Waals surface area contributed by atoms with Crippen molar-refractivity contribution in [3.05, 3.63) is 0 Å². The Morgan fingerprint density at radius 3 is 2.57 bits per heavy atom. The molecule has 1 fully saturated rings. The van der Waals surface area contributed by atoms with Crippen molar-refractivity contribution in [2.75, 3.05) is 20.6 Å². The summed E-state index contributed by atoms with van der Waals surface area (Å²) in [5.41, 5.74) is 0. The number of amides is 1. The van der Waals surface area contributed by atoms with Crippen LogP contribution >= 0.6 is 0 Å². The minimum atomic E-state index is 0.211. The topological polar surface area (TPSA) is 32.3 Å². The fourth-order valence-electron chi connectivity index (χ4n) is 1.73. The van der Waals surface area contributed by atoms with Gasteiger partial charge in [-0.1, -0.05) is 6.92 Å². The first-order chi connectivity index (χ1) is 6.65. The fraction of sp³-hybridized carbons (Fsp3) is 0.909. The summed E-state index contributed by atoms with van der Waals surface area (Å²) in [5.74, 6) is 1.10. The van der Waals surface area contributed by atoms with Crippen LogP contribution in [0.2, 0.25) is 0 Å². The minimum Gasteiger partial charge on any atom is -0.349 e. The van der Waals surface area contributed by atoms with E-state index in [-0.39, 0.29) is 5.91 Å². The van der Waals surface area contributed by atoms with Gasteiger partial charge >= 0.3 is 0 Å². The van der Waals surface area contributed by atoms with Crippen LogP contribution in [-0.4, -0.2) is 37.5 Å². The molecule has 1 amide bonds. The maximum atomic E-state index is 11.3. The van der Waals surface area contributed by atoms with Crippen LogP contribution in [0, 0.1) is 5.92 Å². The molecule has 0 aromatic heterocycles. The van der Waals surface area contributed by atoms with E-state index in [0.29, 0.717) is 12.5 Å². The molecule has 1 unspecified atom stereocenters. The van der Waals surface area contributed by atoms with E-state index in [0.717, 1.165) is 12.5 Å². The molecular weight excluding hydrogens is 176 g/mol. The molecule has 82 valence electrons. The second kappa shape index (κ2) is 5.35. The number of carbonyl (C=O) groups is 1. The normalized spacial score (nSPS) is 17.9. The van der Waals surface area contributed by atoms with Gasteiger partial charge in [0.05, 0.1) is 0 Å². The van der Waals surface area contributed by atoms with Gasteiger partial charge in [-0.05, 0) is 25.2 Å². The van der Waals surface area contributed by atoms with Gasteiger partial charge in [-0.3, -0.25) is 4.79 Å². The Labute approximate surface area is 86.9 Å². The van der Waals surface area contributed by atoms with E-state index in [1.807, 2.05) is 0 Å². The number of carbonyl (C=O) groups excluding carboxylic acids is 1. The van der Waals surface area contributed by atoms with E-state index in [1.165, 1.54) is 19.3 Å². The van der Waals surface area contributed by atoms with Crippen LogP contribution in [0.15, 0.2) is 0 Å². The predicted molar refractivity (Wildman–Crippen MR) is 58.1 cm³/mol. The second-order valence-electron chi connectivity index (χ2n) is 4.34. The summed E-state index contributed by atoms with van der Waals surface area (Å²) in [5, 5.41) is 3.47. The summed E-state index contributed by atoms with van der Waals surface area (Å²) in [6.07, 6.45) is 4.54. The third kappa shape index (κ3) is 3.66. The monoisotopic (exact) mass is 198 g/mol. The van der Waals surface area contributed by atoms with E-state index >= 15 is 0 Å². The molecule has 0 aromatic carbocycles. The molecule has 3 nitrogen and oxygen atoms in total. The Kier molecular flexibility index (Phi) is 4.39. The molecule has 0 radical (unpaired) electrons. The van der Waals surface area contributed by atoms with Gasteiger partial charge in [0.2, 0.25) is 5.91 Å². The smallest absolute Gasteiger partial charge is 0.223 e. The van der Waals surface area contributed by atoms with Crippen molar-refractivity contribution in [3.8, 4) is 0 Å². The molecule has 0 bridgehead atoms. The van der Waals surface area contributed by atoms with Crippen LogP contribution in [0.1, 0.15) is 32.6 Å². The highest BCUT2D eigenvalue weighted by Gasteiger charge is 2.29. The molecule has 1 N–H and O–H groups in total. The predicted octanol–water partition coefficient (Wildman–Crippen LogP) is 1.24. The molecule has 0 heterocycles. The Morgan fingerprint density at radius 1 is 1.50 bits per heavy atom. The lowest BCUT2D eigenvalue weighted by atomic mass is 10.1. The van der Waals surface area contributed by atoms with Crippen molar-refractivity contribution in [3.63, 3.8) is 0 Å². The van der Waals surface area contributed by atoms with Gasteiger partial charge in [0.1, 0.15) is 0 Å². The number of hydrogen-bond donors (Lipinski definition) is 1. The summed E-state index contributed by atoms with van der Waals surface area (Å²) in [6.45, 7) is 3.04. The minimum absolute atomic E-state index is 0.211. The number of nitrogens with zero attached hydrogens (tertiary/aromatic N) is 1. The van der Waals surface area contributed by atoms with Gasteiger partial charge in [-0.25, -0.2) is 0 Å². The largest absolute Gasteiger partial charge is 0.349 e. The van der Waals surface area contributed by atoms with E-state index in [9.17, 15) is 4.79 Å². The van der Waals surface area contributed by atoms with Gasteiger partial charge in [-0.2, -0.15) is 0 Å². The summed E-state index contributed by atoms with van der Waals surface area (Å²) in [4.78, 5) is 12.9. The van der Waals surface area contributed by atoms with Crippen LogP contribution in [0.3, 0.4) is 0 Å². The Bertz CT molecular complexity index is 188. The number of hydrogen-bond acceptors (Lipinski definition) is 2. The summed E-state index contributed by atoms with van der Waals surface area (Å²) < 4.78 is 0. The lowest BCUT2D eigenvalue weighted by Crippen LogP contribution is -2.34. The van der Waals surface area contributed by atoms with Crippen molar-refractivity contribution in [1.82, 2.24) is 10.2 Å². The van der Waals surface area contributed by atoms with Crippen molar-refractivity contribution >= 4 is 5.91 Å². The molecule has 1 saturated carbocycles. The van der Waals surface area contributed by atoms with Gasteiger partial charge < -0.3 is 10.2 Å². The molecule has 0 aromatic rings. The van der Waals surface area contributed by atoms with Crippen LogP contribution < -0.4 is 5.32 Å². The zero-order valence-electron chi connectivity index (χ0n) is 9.55. The van der Waals surface area contributed by atoms with Gasteiger partial charge in [-0.15, -0.1) is 0 Å². The quantitative estimate of drug-likeness (QED) is 0.696. The molecule has 1 aliphatic rings. The molecular formula is C11H22N2O. The first-order valence-electron chi connectivity index (χ1n) is 5.58. The van der Waals surface area contributed by atoms with E-state index in [1.54, 1.807) is 19.0 Å². The Morgan fingerprint density at radius 2 is 2.14 bits per heavy atom. The van der Waals surface area contributed by atoms with Gasteiger partial charge in [0, 0.05) is 33.1 Å². The second-order valence-corrected chi connectivity index (χ2v) is 4.34. The molecule has 14 heavy (non-hydrogen) atoms. The van der Waals surface area contributed by atoms with E-state index in [2.05, 4.69) is 12.2 Å². The van der Waals surface area contributed by atoms with Crippen molar-refractivity contribution in [2.24, 2.45) is 5.92 Å². The standard InChI is InChI=1S/C11H22N2O/c1-4-10(9-5-6-9)12-8-7-11(14)13(2)3/h9-10,12H,4-8H2,1-3H3. The Hall–Kier alpha value is -0.570. The highest BCUT2D eigenvalue weighted by Crippen LogP contribution is 2.33. The van der Waals surface area contributed by atoms with Crippen LogP contribution in [0.4, 0.5) is 0 Å². The summed E-state index contributed by atoms with van der Waals surface area (Å²) >= 11 is 0. The molecule has 3 heteroatoms. The maximum absolute atomic E-state index is 11.3. The van der Waals surface area contributed by atoms with Crippen LogP contribution in [0.5, 0.6) is 0 Å². The fourth-order valence-corrected chi connectivity index (χ4v) is 1.73. The molecule has 1 rings (SSSR count). The van der Waals surface area contributed by atoms with E-state index in [4.69, 9.17) is 0 Å². The van der Waals surface area contributed by atoms with Gasteiger partial charge in [0.25, 0.3) is 0 Å². The average molecular weight is 198 g/mol. The van der Waals surface area contributed by atoms with Crippen LogP contribution in [0.25, 0.3) is 0 Å². The highest BCUT2D eigenvalue weighted by molar-refractivity contribution is 5.75. The third-order valence-electron chi connectivity index (χ3n) is 2.88. The van der Waals surface area contributed by atoms with Crippen molar-refractivity contribution in [1.29, 1.82) is 0 Å². The SMILES string of the molecule is CCC(NCCC(=O)N(C)C)C1CC1. The molecule has 1 atom stereocenters. The molecule has 0 aliphatic heterocycles. The lowest BCUT2D eigenvalue weighted by Gasteiger charge is -2.16. The Balaban J connectivity index is 2.09. The summed E-state index contributed by atoms with van der Waals surface area (Å²) in [7, 11) is 3.61. The first-order valence-corrected chi connectivity index (χ1v) is 5.58. The zero-order valence-corrected chi connectivity index (χ0v) is 9.55. The number of rotatable bonds is 6. The van der Waals surface area contributed by atoms with Crippen molar-refractivity contribution < 1.29 is 4.79 Å². The van der Waals surface area contributed by atoms with E-state index < -0.39 is 0 Å². The summed E-state index contributed by atoms with van der Waals surface area (Å²) in [6, 6.07) is 0.643. The highest BCUT2D eigenvalue weighted by atomic mass is 16.2. The molecule has 1 aliphatic carbocycles. The maximum Gasteiger partial charge on any atom is 0.223 e. The molecule has 0 saturated heterocycles. The zero-order chi connectivity index (χ0) is 10.6. The number of nitrogens with one attached hydrogen (secondary N) is 1. The molecule has 0 spiro atoms. The van der Waals surface area contributed by atoms with Crippen LogP contribution in [-0.2, 0) is 4.79 Å². The van der Waals surface area contributed by atoms with Crippen molar-refractivity contribution in [2.45, 2.75) is 38.6 Å². The first kappa shape index (κ1) is 11.5. The average Bonchev–Trinajstić information content (AvgIpc) is 2.95.